The van der Waals surface area contributed by atoms with E-state index in [1.54, 1.807) is 30.7 Å². The number of ether oxygens (including phenoxy) is 1. The van der Waals surface area contributed by atoms with Gasteiger partial charge in [-0.1, -0.05) is 23.2 Å². The third kappa shape index (κ3) is 4.59. The molecule has 3 heterocycles. The van der Waals surface area contributed by atoms with Crippen LogP contribution >= 0.6 is 23.2 Å². The quantitative estimate of drug-likeness (QED) is 0.379. The Morgan fingerprint density at radius 2 is 1.81 bits per heavy atom. The molecule has 0 unspecified atom stereocenters. The number of carbonyl (C=O) groups excluding carboxylic acids is 1. The Hall–Kier alpha value is -2.29. The molecule has 2 aliphatic heterocycles. The molecule has 0 spiro atoms. The highest BCUT2D eigenvalue weighted by atomic mass is 35.5. The van der Waals surface area contributed by atoms with E-state index in [-0.39, 0.29) is 17.5 Å². The zero-order valence-corrected chi connectivity index (χ0v) is 21.5. The van der Waals surface area contributed by atoms with Crippen molar-refractivity contribution < 1.29 is 22.7 Å². The molecule has 0 bridgehead atoms. The summed E-state index contributed by atoms with van der Waals surface area (Å²) < 4.78 is 46.9. The maximum Gasteiger partial charge on any atom is 0.416 e. The summed E-state index contributed by atoms with van der Waals surface area (Å²) in [6, 6.07) is 5.50. The van der Waals surface area contributed by atoms with E-state index in [9.17, 15) is 18.0 Å². The largest absolute Gasteiger partial charge is 0.416 e. The van der Waals surface area contributed by atoms with Crippen LogP contribution in [-0.4, -0.2) is 46.9 Å². The first-order valence-electron chi connectivity index (χ1n) is 11.9. The van der Waals surface area contributed by atoms with Crippen molar-refractivity contribution in [2.75, 3.05) is 26.3 Å². The maximum atomic E-state index is 13.3. The van der Waals surface area contributed by atoms with Crippen molar-refractivity contribution in [3.8, 4) is 0 Å². The number of hydrogen-bond acceptors (Lipinski definition) is 3. The fourth-order valence-corrected chi connectivity index (χ4v) is 5.86. The van der Waals surface area contributed by atoms with E-state index in [2.05, 4.69) is 5.10 Å². The minimum Gasteiger partial charge on any atom is -0.381 e. The molecule has 3 aromatic rings. The van der Waals surface area contributed by atoms with Crippen LogP contribution in [0.1, 0.15) is 45.6 Å². The SMILES string of the molecule is Cc1nn(Cc2c(Cl)ccc(C(=O)N3CCC(C4COC4)CC3)c2Cl)c2c(C)cc(C(F)(F)F)cc12. The summed E-state index contributed by atoms with van der Waals surface area (Å²) in [6.07, 6.45) is -2.57. The molecule has 5 nitrogen and oxygen atoms in total. The van der Waals surface area contributed by atoms with Gasteiger partial charge in [-0.15, -0.1) is 0 Å². The predicted octanol–water partition coefficient (Wildman–Crippen LogP) is 6.53. The molecule has 2 aromatic carbocycles. The lowest BCUT2D eigenvalue weighted by atomic mass is 9.83. The molecule has 1 amide bonds. The highest BCUT2D eigenvalue weighted by Crippen LogP contribution is 2.36. The normalized spacial score (nSPS) is 17.6. The smallest absolute Gasteiger partial charge is 0.381 e. The number of carbonyl (C=O) groups is 1. The molecule has 2 fully saturated rings. The number of aromatic nitrogens is 2. The predicted molar refractivity (Wildman–Crippen MR) is 133 cm³/mol. The number of rotatable bonds is 4. The number of piperidine rings is 1. The van der Waals surface area contributed by atoms with Crippen LogP contribution < -0.4 is 0 Å². The van der Waals surface area contributed by atoms with Gasteiger partial charge in [0.1, 0.15) is 0 Å². The van der Waals surface area contributed by atoms with Crippen LogP contribution in [0.25, 0.3) is 10.9 Å². The molecule has 0 radical (unpaired) electrons. The number of aryl methyl sites for hydroxylation is 2. The van der Waals surface area contributed by atoms with Crippen molar-refractivity contribution in [3.05, 3.63) is 62.3 Å². The van der Waals surface area contributed by atoms with Crippen molar-refractivity contribution in [2.45, 2.75) is 39.4 Å². The van der Waals surface area contributed by atoms with E-state index in [1.807, 2.05) is 4.90 Å². The summed E-state index contributed by atoms with van der Waals surface area (Å²) in [4.78, 5) is 15.2. The fraction of sp³-hybridized carbons (Fsp3) is 0.462. The first-order chi connectivity index (χ1) is 17.0. The van der Waals surface area contributed by atoms with Crippen LogP contribution in [-0.2, 0) is 17.5 Å². The lowest BCUT2D eigenvalue weighted by Crippen LogP contribution is -2.44. The lowest BCUT2D eigenvalue weighted by Gasteiger charge is -2.39. The van der Waals surface area contributed by atoms with Crippen molar-refractivity contribution in [1.82, 2.24) is 14.7 Å². The summed E-state index contributed by atoms with van der Waals surface area (Å²) in [6.45, 7) is 6.36. The Balaban J connectivity index is 1.43. The van der Waals surface area contributed by atoms with E-state index >= 15 is 0 Å². The van der Waals surface area contributed by atoms with Gasteiger partial charge in [0.05, 0.1) is 47.1 Å². The first kappa shape index (κ1) is 25.4. The van der Waals surface area contributed by atoms with Gasteiger partial charge in [0.2, 0.25) is 0 Å². The number of hydrogen-bond donors (Lipinski definition) is 0. The van der Waals surface area contributed by atoms with Crippen molar-refractivity contribution in [2.24, 2.45) is 11.8 Å². The molecule has 0 atom stereocenters. The molecule has 5 rings (SSSR count). The zero-order chi connectivity index (χ0) is 25.8. The van der Waals surface area contributed by atoms with Gasteiger partial charge < -0.3 is 9.64 Å². The third-order valence-corrected chi connectivity index (χ3v) is 8.21. The zero-order valence-electron chi connectivity index (χ0n) is 20.0. The second-order valence-electron chi connectivity index (χ2n) is 9.74. The topological polar surface area (TPSA) is 47.4 Å². The van der Waals surface area contributed by atoms with Gasteiger partial charge in [0.15, 0.2) is 0 Å². The molecule has 2 aliphatic rings. The van der Waals surface area contributed by atoms with Crippen molar-refractivity contribution in [3.63, 3.8) is 0 Å². The van der Waals surface area contributed by atoms with Crippen LogP contribution in [0.3, 0.4) is 0 Å². The monoisotopic (exact) mass is 539 g/mol. The maximum absolute atomic E-state index is 13.3. The molecule has 2 saturated heterocycles. The summed E-state index contributed by atoms with van der Waals surface area (Å²) in [7, 11) is 0. The molecule has 0 saturated carbocycles. The molecule has 192 valence electrons. The van der Waals surface area contributed by atoms with Gasteiger partial charge >= 0.3 is 6.18 Å². The number of halogens is 5. The molecular weight excluding hydrogens is 514 g/mol. The van der Waals surface area contributed by atoms with E-state index in [4.69, 9.17) is 27.9 Å². The minimum atomic E-state index is -4.45. The summed E-state index contributed by atoms with van der Waals surface area (Å²) in [5.41, 5.74) is 1.65. The van der Waals surface area contributed by atoms with Gasteiger partial charge in [0, 0.05) is 35.0 Å². The molecule has 0 N–H and O–H groups in total. The molecule has 0 aliphatic carbocycles. The standard InChI is InChI=1S/C26H26Cl2F3N3O2/c1-14-9-18(26(29,30)31)10-20-15(2)32-34(24(14)20)11-21-22(27)4-3-19(23(21)28)25(35)33-7-5-16(6-8-33)17-12-36-13-17/h3-4,9-10,16-17H,5-8,11-13H2,1-2H3. The second kappa shape index (κ2) is 9.54. The van der Waals surface area contributed by atoms with Gasteiger partial charge in [-0.3, -0.25) is 9.48 Å². The highest BCUT2D eigenvalue weighted by Gasteiger charge is 2.34. The van der Waals surface area contributed by atoms with E-state index in [0.717, 1.165) is 38.2 Å². The molecular formula is C26H26Cl2F3N3O2. The fourth-order valence-electron chi connectivity index (χ4n) is 5.29. The highest BCUT2D eigenvalue weighted by molar-refractivity contribution is 6.38. The van der Waals surface area contributed by atoms with Crippen LogP contribution in [0.4, 0.5) is 13.2 Å². The van der Waals surface area contributed by atoms with Crippen molar-refractivity contribution >= 4 is 40.0 Å². The van der Waals surface area contributed by atoms with E-state index in [0.29, 0.717) is 63.2 Å². The average Bonchev–Trinajstić information content (AvgIpc) is 3.11. The van der Waals surface area contributed by atoms with Gasteiger partial charge in [-0.2, -0.15) is 18.3 Å². The van der Waals surface area contributed by atoms with Crippen LogP contribution in [0.15, 0.2) is 24.3 Å². The Kier molecular flexibility index (Phi) is 6.72. The first-order valence-corrected chi connectivity index (χ1v) is 12.7. The number of alkyl halides is 3. The number of amides is 1. The summed E-state index contributed by atoms with van der Waals surface area (Å²) >= 11 is 13.2. The number of fused-ring (bicyclic) bond motifs is 1. The molecule has 1 aromatic heterocycles. The van der Waals surface area contributed by atoms with E-state index in [1.165, 1.54) is 0 Å². The minimum absolute atomic E-state index is 0.124. The van der Waals surface area contributed by atoms with Crippen LogP contribution in [0.5, 0.6) is 0 Å². The molecule has 36 heavy (non-hydrogen) atoms. The van der Waals surface area contributed by atoms with Gasteiger partial charge in [-0.25, -0.2) is 0 Å². The van der Waals surface area contributed by atoms with Crippen LogP contribution in [0, 0.1) is 25.7 Å². The molecule has 10 heteroatoms. The average molecular weight is 540 g/mol. The summed E-state index contributed by atoms with van der Waals surface area (Å²) in [5, 5.41) is 5.51. The Labute approximate surface area is 217 Å². The van der Waals surface area contributed by atoms with Crippen LogP contribution in [0.2, 0.25) is 10.0 Å². The Morgan fingerprint density at radius 1 is 1.11 bits per heavy atom. The number of likely N-dealkylation sites (tertiary alicyclic amines) is 1. The summed E-state index contributed by atoms with van der Waals surface area (Å²) in [5.74, 6) is 1.03. The number of benzene rings is 2. The van der Waals surface area contributed by atoms with Crippen molar-refractivity contribution in [1.29, 1.82) is 0 Å². The second-order valence-corrected chi connectivity index (χ2v) is 10.5. The number of nitrogens with zero attached hydrogens (tertiary/aromatic N) is 3. The van der Waals surface area contributed by atoms with Gasteiger partial charge in [0.25, 0.3) is 5.91 Å². The lowest BCUT2D eigenvalue weighted by molar-refractivity contribution is -0.137. The van der Waals surface area contributed by atoms with Gasteiger partial charge in [-0.05, 0) is 62.4 Å². The van der Waals surface area contributed by atoms with E-state index < -0.39 is 11.7 Å². The Bertz CT molecular complexity index is 1330. The Morgan fingerprint density at radius 3 is 2.42 bits per heavy atom. The third-order valence-electron chi connectivity index (χ3n) is 7.43.